The Labute approximate surface area is 247 Å². The van der Waals surface area contributed by atoms with Gasteiger partial charge in [-0.05, 0) is 65.0 Å². The van der Waals surface area contributed by atoms with E-state index in [0.717, 1.165) is 28.1 Å². The lowest BCUT2D eigenvalue weighted by atomic mass is 9.69. The van der Waals surface area contributed by atoms with Crippen LogP contribution in [0.15, 0.2) is 60.0 Å². The van der Waals surface area contributed by atoms with Crippen molar-refractivity contribution in [3.63, 3.8) is 0 Å². The molecule has 1 aliphatic carbocycles. The molecule has 216 valence electrons. The molecular formula is C32H31N3O6S. The number of allylic oxidation sites excluding steroid dienone is 1. The van der Waals surface area contributed by atoms with E-state index < -0.39 is 23.4 Å². The van der Waals surface area contributed by atoms with Gasteiger partial charge in [0.05, 0.1) is 34.5 Å². The molecule has 1 atom stereocenters. The number of carbonyl (C=O) groups is 2. The van der Waals surface area contributed by atoms with E-state index in [0.29, 0.717) is 22.9 Å². The number of thiophene rings is 1. The van der Waals surface area contributed by atoms with Gasteiger partial charge in [-0.3, -0.25) is 14.9 Å². The average molecular weight is 586 g/mol. The van der Waals surface area contributed by atoms with Crippen molar-refractivity contribution in [2.45, 2.75) is 33.6 Å². The van der Waals surface area contributed by atoms with E-state index in [9.17, 15) is 19.7 Å². The zero-order chi connectivity index (χ0) is 30.0. The van der Waals surface area contributed by atoms with Gasteiger partial charge in [0.1, 0.15) is 5.75 Å². The number of aromatic nitrogens is 1. The maximum absolute atomic E-state index is 13.8. The van der Waals surface area contributed by atoms with Crippen LogP contribution in [0, 0.1) is 21.4 Å². The number of para-hydroxylation sites is 1. The summed E-state index contributed by atoms with van der Waals surface area (Å²) in [5.41, 5.74) is 3.59. The standard InChI is InChI=1S/C32H31N3O6S/c1-32(2,3)20-14-19(15-22-8-7-13-42-22)30-24(16-20)29(23-9-5-6-10-25(23)34-30)31(37)41-18-28(36)33-26-17-21(35(38)39)11-12-27(26)40-4/h5-13,15,17,20H,14,16,18H2,1-4H3,(H,33,36)/b19-15-. The van der Waals surface area contributed by atoms with Crippen molar-refractivity contribution in [2.24, 2.45) is 11.3 Å². The van der Waals surface area contributed by atoms with Gasteiger partial charge in [-0.15, -0.1) is 11.3 Å². The van der Waals surface area contributed by atoms with Crippen LogP contribution in [0.2, 0.25) is 0 Å². The molecule has 0 radical (unpaired) electrons. The Morgan fingerprint density at radius 1 is 1.14 bits per heavy atom. The van der Waals surface area contributed by atoms with Gasteiger partial charge >= 0.3 is 5.97 Å². The third kappa shape index (κ3) is 6.03. The van der Waals surface area contributed by atoms with Crippen LogP contribution >= 0.6 is 11.3 Å². The van der Waals surface area contributed by atoms with Gasteiger partial charge in [0.25, 0.3) is 11.6 Å². The minimum Gasteiger partial charge on any atom is -0.495 e. The highest BCUT2D eigenvalue weighted by Gasteiger charge is 2.35. The minimum absolute atomic E-state index is 0.0315. The number of methoxy groups -OCH3 is 1. The smallest absolute Gasteiger partial charge is 0.339 e. The Balaban J connectivity index is 1.49. The second-order valence-corrected chi connectivity index (χ2v) is 12.2. The molecule has 1 N–H and O–H groups in total. The largest absolute Gasteiger partial charge is 0.495 e. The normalized spacial score (nSPS) is 15.7. The van der Waals surface area contributed by atoms with E-state index in [1.807, 2.05) is 35.7 Å². The molecule has 2 heterocycles. The first kappa shape index (κ1) is 28.9. The van der Waals surface area contributed by atoms with Crippen LogP contribution in [0.1, 0.15) is 53.7 Å². The molecule has 1 aliphatic rings. The van der Waals surface area contributed by atoms with Gasteiger partial charge in [0, 0.05) is 22.4 Å². The Morgan fingerprint density at radius 2 is 1.93 bits per heavy atom. The second-order valence-electron chi connectivity index (χ2n) is 11.3. The number of rotatable bonds is 7. The molecule has 0 spiro atoms. The van der Waals surface area contributed by atoms with E-state index >= 15 is 0 Å². The predicted molar refractivity (Wildman–Crippen MR) is 164 cm³/mol. The molecule has 5 rings (SSSR count). The van der Waals surface area contributed by atoms with Crippen LogP contribution in [0.5, 0.6) is 5.75 Å². The van der Waals surface area contributed by atoms with Crippen molar-refractivity contribution in [1.82, 2.24) is 4.98 Å². The third-order valence-electron chi connectivity index (χ3n) is 7.51. The summed E-state index contributed by atoms with van der Waals surface area (Å²) in [6.07, 6.45) is 3.61. The van der Waals surface area contributed by atoms with Crippen molar-refractivity contribution >= 4 is 57.1 Å². The fourth-order valence-corrected chi connectivity index (χ4v) is 5.89. The number of non-ortho nitro benzene ring substituents is 1. The maximum atomic E-state index is 13.8. The Morgan fingerprint density at radius 3 is 2.62 bits per heavy atom. The lowest BCUT2D eigenvalue weighted by molar-refractivity contribution is -0.384. The number of hydrogen-bond acceptors (Lipinski definition) is 8. The number of nitrogens with one attached hydrogen (secondary N) is 1. The Hall–Kier alpha value is -4.57. The molecule has 0 fully saturated rings. The molecular weight excluding hydrogens is 554 g/mol. The summed E-state index contributed by atoms with van der Waals surface area (Å²) < 4.78 is 10.8. The highest BCUT2D eigenvalue weighted by atomic mass is 32.1. The molecule has 10 heteroatoms. The predicted octanol–water partition coefficient (Wildman–Crippen LogP) is 7.16. The molecule has 2 aromatic heterocycles. The number of amides is 1. The number of nitrogens with zero attached hydrogens (tertiary/aromatic N) is 2. The molecule has 0 bridgehead atoms. The number of hydrogen-bond donors (Lipinski definition) is 1. The number of anilines is 1. The number of esters is 1. The third-order valence-corrected chi connectivity index (χ3v) is 8.32. The zero-order valence-corrected chi connectivity index (χ0v) is 24.6. The lowest BCUT2D eigenvalue weighted by Crippen LogP contribution is -2.29. The maximum Gasteiger partial charge on any atom is 0.339 e. The molecule has 0 aliphatic heterocycles. The average Bonchev–Trinajstić information content (AvgIpc) is 3.47. The SMILES string of the molecule is COc1ccc([N+](=O)[O-])cc1NC(=O)COC(=O)c1c2c(nc3ccccc13)/C(=C\c1cccs1)CC(C(C)(C)C)C2. The second kappa shape index (κ2) is 11.7. The van der Waals surface area contributed by atoms with Gasteiger partial charge in [0.15, 0.2) is 6.61 Å². The number of nitro groups is 1. The Kier molecular flexibility index (Phi) is 8.08. The topological polar surface area (TPSA) is 121 Å². The monoisotopic (exact) mass is 585 g/mol. The van der Waals surface area contributed by atoms with Crippen molar-refractivity contribution in [3.05, 3.63) is 91.8 Å². The number of carbonyl (C=O) groups excluding carboxylic acids is 2. The number of benzene rings is 2. The summed E-state index contributed by atoms with van der Waals surface area (Å²) in [5, 5.41) is 16.5. The molecule has 2 aromatic carbocycles. The van der Waals surface area contributed by atoms with Gasteiger partial charge in [-0.25, -0.2) is 9.78 Å². The molecule has 9 nitrogen and oxygen atoms in total. The van der Waals surface area contributed by atoms with Crippen molar-refractivity contribution in [2.75, 3.05) is 19.0 Å². The molecule has 4 aromatic rings. The fraction of sp³-hybridized carbons (Fsp3) is 0.281. The number of fused-ring (bicyclic) bond motifs is 2. The molecule has 0 saturated heterocycles. The molecule has 1 unspecified atom stereocenters. The quantitative estimate of drug-likeness (QED) is 0.139. The highest BCUT2D eigenvalue weighted by molar-refractivity contribution is 7.10. The first-order valence-electron chi connectivity index (χ1n) is 13.5. The molecule has 42 heavy (non-hydrogen) atoms. The first-order chi connectivity index (χ1) is 20.0. The van der Waals surface area contributed by atoms with Crippen LogP contribution < -0.4 is 10.1 Å². The summed E-state index contributed by atoms with van der Waals surface area (Å²) in [6.45, 7) is 6.01. The summed E-state index contributed by atoms with van der Waals surface area (Å²) in [5.74, 6) is -0.792. The van der Waals surface area contributed by atoms with Gasteiger partial charge < -0.3 is 14.8 Å². The van der Waals surface area contributed by atoms with Crippen molar-refractivity contribution in [1.29, 1.82) is 0 Å². The van der Waals surface area contributed by atoms with Crippen LogP contribution in [-0.4, -0.2) is 35.5 Å². The number of nitro benzene ring substituents is 1. The molecule has 0 saturated carbocycles. The van der Waals surface area contributed by atoms with E-state index in [2.05, 4.69) is 38.2 Å². The highest BCUT2D eigenvalue weighted by Crippen LogP contribution is 2.45. The van der Waals surface area contributed by atoms with Crippen LogP contribution in [0.25, 0.3) is 22.6 Å². The number of ether oxygens (including phenoxy) is 2. The Bertz CT molecular complexity index is 1710. The van der Waals surface area contributed by atoms with E-state index in [1.165, 1.54) is 25.3 Å². The van der Waals surface area contributed by atoms with Gasteiger partial charge in [-0.1, -0.05) is 45.0 Å². The van der Waals surface area contributed by atoms with Gasteiger partial charge in [0.2, 0.25) is 0 Å². The summed E-state index contributed by atoms with van der Waals surface area (Å²) in [7, 11) is 1.39. The van der Waals surface area contributed by atoms with E-state index in [1.54, 1.807) is 11.3 Å². The van der Waals surface area contributed by atoms with Crippen molar-refractivity contribution < 1.29 is 24.0 Å². The summed E-state index contributed by atoms with van der Waals surface area (Å²) >= 11 is 1.64. The molecule has 1 amide bonds. The van der Waals surface area contributed by atoms with Crippen LogP contribution in [0.4, 0.5) is 11.4 Å². The number of pyridine rings is 1. The summed E-state index contributed by atoms with van der Waals surface area (Å²) in [4.78, 5) is 43.4. The first-order valence-corrected chi connectivity index (χ1v) is 14.4. The van der Waals surface area contributed by atoms with E-state index in [-0.39, 0.29) is 28.5 Å². The fourth-order valence-electron chi connectivity index (χ4n) is 5.21. The van der Waals surface area contributed by atoms with Crippen LogP contribution in [-0.2, 0) is 16.0 Å². The van der Waals surface area contributed by atoms with E-state index in [4.69, 9.17) is 14.5 Å². The van der Waals surface area contributed by atoms with Crippen LogP contribution in [0.3, 0.4) is 0 Å². The lowest BCUT2D eigenvalue weighted by Gasteiger charge is -2.36. The summed E-state index contributed by atoms with van der Waals surface area (Å²) in [6, 6.07) is 15.4. The van der Waals surface area contributed by atoms with Crippen molar-refractivity contribution in [3.8, 4) is 5.75 Å². The van der Waals surface area contributed by atoms with Gasteiger partial charge in [-0.2, -0.15) is 0 Å². The minimum atomic E-state index is -0.653. The zero-order valence-electron chi connectivity index (χ0n) is 23.8.